The fourth-order valence-corrected chi connectivity index (χ4v) is 3.42. The fraction of sp³-hybridized carbons (Fsp3) is 0.400. The van der Waals surface area contributed by atoms with Gasteiger partial charge in [-0.05, 0) is 49.9 Å². The monoisotopic (exact) mass is 391 g/mol. The van der Waals surface area contributed by atoms with Crippen molar-refractivity contribution in [3.8, 4) is 0 Å². The van der Waals surface area contributed by atoms with Gasteiger partial charge in [-0.3, -0.25) is 9.59 Å². The molecule has 146 valence electrons. The summed E-state index contributed by atoms with van der Waals surface area (Å²) in [6.45, 7) is 3.36. The van der Waals surface area contributed by atoms with Gasteiger partial charge in [-0.1, -0.05) is 12.1 Å². The van der Waals surface area contributed by atoms with Crippen LogP contribution in [0.4, 0.5) is 5.69 Å². The van der Waals surface area contributed by atoms with Crippen molar-refractivity contribution in [2.24, 2.45) is 11.7 Å². The fourth-order valence-electron chi connectivity index (χ4n) is 3.42. The predicted molar refractivity (Wildman–Crippen MR) is 107 cm³/mol. The number of nitrogens with two attached hydrogens (primary N) is 1. The van der Waals surface area contributed by atoms with Crippen LogP contribution in [0, 0.1) is 5.92 Å². The maximum Gasteiger partial charge on any atom is 0.293 e. The van der Waals surface area contributed by atoms with Crippen LogP contribution in [0.1, 0.15) is 40.7 Å². The number of hydrogen-bond acceptors (Lipinski definition) is 4. The van der Waals surface area contributed by atoms with E-state index in [0.29, 0.717) is 30.3 Å². The largest absolute Gasteiger partial charge is 0.459 e. The average Bonchev–Trinajstić information content (AvgIpc) is 3.21. The first kappa shape index (κ1) is 21.0. The Labute approximate surface area is 165 Å². The number of halogens is 1. The van der Waals surface area contributed by atoms with Gasteiger partial charge in [-0.2, -0.15) is 0 Å². The van der Waals surface area contributed by atoms with Gasteiger partial charge in [0.2, 0.25) is 0 Å². The highest BCUT2D eigenvalue weighted by molar-refractivity contribution is 6.09. The molecule has 0 saturated carbocycles. The lowest BCUT2D eigenvalue weighted by atomic mass is 9.91. The van der Waals surface area contributed by atoms with Gasteiger partial charge in [0.15, 0.2) is 5.76 Å². The van der Waals surface area contributed by atoms with Gasteiger partial charge in [-0.15, -0.1) is 12.4 Å². The van der Waals surface area contributed by atoms with E-state index in [1.165, 1.54) is 11.2 Å². The van der Waals surface area contributed by atoms with E-state index in [1.54, 1.807) is 31.3 Å². The molecule has 1 aromatic heterocycles. The van der Waals surface area contributed by atoms with E-state index in [2.05, 4.69) is 0 Å². The van der Waals surface area contributed by atoms with Crippen LogP contribution in [-0.2, 0) is 0 Å². The number of rotatable bonds is 4. The summed E-state index contributed by atoms with van der Waals surface area (Å²) in [7, 11) is 1.65. The van der Waals surface area contributed by atoms with Gasteiger partial charge in [0.1, 0.15) is 0 Å². The summed E-state index contributed by atoms with van der Waals surface area (Å²) in [5.74, 6) is 0.194. The molecule has 3 rings (SSSR count). The highest BCUT2D eigenvalue weighted by Crippen LogP contribution is 2.26. The van der Waals surface area contributed by atoms with Crippen LogP contribution in [0.3, 0.4) is 0 Å². The lowest BCUT2D eigenvalue weighted by molar-refractivity contribution is 0.0661. The summed E-state index contributed by atoms with van der Waals surface area (Å²) in [5, 5.41) is 0. The number of carbonyl (C=O) groups excluding carboxylic acids is 2. The molecule has 2 atom stereocenters. The number of carbonyl (C=O) groups is 2. The van der Waals surface area contributed by atoms with Crippen molar-refractivity contribution < 1.29 is 14.0 Å². The van der Waals surface area contributed by atoms with Crippen LogP contribution in [-0.4, -0.2) is 42.9 Å². The average molecular weight is 392 g/mol. The van der Waals surface area contributed by atoms with Crippen LogP contribution in [0.15, 0.2) is 47.1 Å². The quantitative estimate of drug-likeness (QED) is 0.868. The summed E-state index contributed by atoms with van der Waals surface area (Å²) in [5.41, 5.74) is 7.12. The first-order chi connectivity index (χ1) is 12.5. The van der Waals surface area contributed by atoms with Crippen molar-refractivity contribution in [1.29, 1.82) is 0 Å². The van der Waals surface area contributed by atoms with Gasteiger partial charge < -0.3 is 20.0 Å². The number of benzene rings is 1. The van der Waals surface area contributed by atoms with Gasteiger partial charge in [0.05, 0.1) is 17.5 Å². The van der Waals surface area contributed by atoms with Crippen LogP contribution < -0.4 is 10.6 Å². The summed E-state index contributed by atoms with van der Waals surface area (Å²) in [6, 6.07) is 10.5. The molecular formula is C20H26ClN3O3. The highest BCUT2D eigenvalue weighted by atomic mass is 35.5. The third-order valence-electron chi connectivity index (χ3n) is 5.02. The Kier molecular flexibility index (Phi) is 7.05. The molecule has 2 heterocycles. The third kappa shape index (κ3) is 4.51. The first-order valence-electron chi connectivity index (χ1n) is 8.94. The van der Waals surface area contributed by atoms with Crippen molar-refractivity contribution in [2.75, 3.05) is 25.0 Å². The van der Waals surface area contributed by atoms with Crippen LogP contribution in [0.25, 0.3) is 0 Å². The summed E-state index contributed by atoms with van der Waals surface area (Å²) < 4.78 is 5.19. The minimum atomic E-state index is -0.289. The molecule has 1 aliphatic rings. The lowest BCUT2D eigenvalue weighted by Gasteiger charge is -2.35. The van der Waals surface area contributed by atoms with Gasteiger partial charge in [0.25, 0.3) is 11.8 Å². The molecule has 1 aliphatic heterocycles. The van der Waals surface area contributed by atoms with Crippen LogP contribution in [0.5, 0.6) is 0 Å². The number of amides is 2. The molecule has 2 N–H and O–H groups in total. The molecule has 0 radical (unpaired) electrons. The SMILES string of the molecule is CC(N)C1CCCN(C(=O)c2ccccc2N(C)C(=O)c2ccco2)C1.Cl. The molecule has 6 nitrogen and oxygen atoms in total. The lowest BCUT2D eigenvalue weighted by Crippen LogP contribution is -2.45. The Morgan fingerprint density at radius 1 is 1.26 bits per heavy atom. The van der Waals surface area contributed by atoms with Crippen LogP contribution >= 0.6 is 12.4 Å². The van der Waals surface area contributed by atoms with Crippen LogP contribution in [0.2, 0.25) is 0 Å². The molecule has 1 aromatic carbocycles. The Morgan fingerprint density at radius 3 is 2.67 bits per heavy atom. The molecule has 0 bridgehead atoms. The maximum absolute atomic E-state index is 13.1. The zero-order valence-electron chi connectivity index (χ0n) is 15.6. The van der Waals surface area contributed by atoms with Crippen molar-refractivity contribution in [1.82, 2.24) is 4.90 Å². The molecule has 2 unspecified atom stereocenters. The smallest absolute Gasteiger partial charge is 0.293 e. The van der Waals surface area contributed by atoms with Crippen molar-refractivity contribution in [3.63, 3.8) is 0 Å². The Balaban J connectivity index is 0.00000261. The number of likely N-dealkylation sites (tertiary alicyclic amines) is 1. The standard InChI is InChI=1S/C20H25N3O3.ClH/c1-14(21)15-7-5-11-23(13-15)19(24)16-8-3-4-9-17(16)22(2)20(25)18-10-6-12-26-18;/h3-4,6,8-10,12,14-15H,5,7,11,13,21H2,1-2H3;1H. The molecule has 7 heteroatoms. The molecule has 0 aliphatic carbocycles. The molecule has 2 aromatic rings. The van der Waals surface area contributed by atoms with Gasteiger partial charge in [-0.25, -0.2) is 0 Å². The van der Waals surface area contributed by atoms with E-state index >= 15 is 0 Å². The summed E-state index contributed by atoms with van der Waals surface area (Å²) in [6.07, 6.45) is 3.45. The Bertz CT molecular complexity index is 777. The second kappa shape index (κ2) is 9.06. The highest BCUT2D eigenvalue weighted by Gasteiger charge is 2.29. The number of anilines is 1. The number of hydrogen-bond donors (Lipinski definition) is 1. The number of furan rings is 1. The first-order valence-corrected chi connectivity index (χ1v) is 8.94. The van der Waals surface area contributed by atoms with Crippen molar-refractivity contribution in [3.05, 3.63) is 54.0 Å². The molecule has 0 spiro atoms. The minimum absolute atomic E-state index is 0. The van der Waals surface area contributed by atoms with E-state index in [0.717, 1.165) is 12.8 Å². The zero-order chi connectivity index (χ0) is 18.7. The molecular weight excluding hydrogens is 366 g/mol. The number of para-hydroxylation sites is 1. The van der Waals surface area contributed by atoms with Gasteiger partial charge >= 0.3 is 0 Å². The molecule has 1 saturated heterocycles. The zero-order valence-corrected chi connectivity index (χ0v) is 16.4. The maximum atomic E-state index is 13.1. The van der Waals surface area contributed by atoms with E-state index in [4.69, 9.17) is 10.2 Å². The Hall–Kier alpha value is -2.31. The molecule has 27 heavy (non-hydrogen) atoms. The summed E-state index contributed by atoms with van der Waals surface area (Å²) in [4.78, 5) is 29.0. The van der Waals surface area contributed by atoms with Gasteiger partial charge in [0, 0.05) is 26.2 Å². The third-order valence-corrected chi connectivity index (χ3v) is 5.02. The molecule has 2 amide bonds. The normalized spacial score (nSPS) is 17.7. The molecule has 1 fully saturated rings. The van der Waals surface area contributed by atoms with E-state index in [1.807, 2.05) is 24.0 Å². The summed E-state index contributed by atoms with van der Waals surface area (Å²) >= 11 is 0. The van der Waals surface area contributed by atoms with Crippen molar-refractivity contribution in [2.45, 2.75) is 25.8 Å². The second-order valence-electron chi connectivity index (χ2n) is 6.87. The van der Waals surface area contributed by atoms with Crippen molar-refractivity contribution >= 4 is 29.9 Å². The Morgan fingerprint density at radius 2 is 2.00 bits per heavy atom. The topological polar surface area (TPSA) is 79.8 Å². The number of nitrogens with zero attached hydrogens (tertiary/aromatic N) is 2. The van der Waals surface area contributed by atoms with E-state index in [9.17, 15) is 9.59 Å². The number of piperidine rings is 1. The minimum Gasteiger partial charge on any atom is -0.459 e. The van der Waals surface area contributed by atoms with E-state index < -0.39 is 0 Å². The second-order valence-corrected chi connectivity index (χ2v) is 6.87. The van der Waals surface area contributed by atoms with E-state index in [-0.39, 0.29) is 36.0 Å². The predicted octanol–water partition coefficient (Wildman–Crippen LogP) is 3.18.